The van der Waals surface area contributed by atoms with Crippen molar-refractivity contribution < 1.29 is 9.13 Å². The van der Waals surface area contributed by atoms with Gasteiger partial charge in [-0.2, -0.15) is 9.65 Å². The maximum absolute atomic E-state index is 15.3. The largest absolute Gasteiger partial charge is 0.453 e. The van der Waals surface area contributed by atoms with Crippen molar-refractivity contribution in [3.63, 3.8) is 0 Å². The summed E-state index contributed by atoms with van der Waals surface area (Å²) in [5.74, 6) is 1.11. The van der Waals surface area contributed by atoms with Crippen molar-refractivity contribution >= 4 is 67.1 Å². The van der Waals surface area contributed by atoms with Crippen LogP contribution in [0.3, 0.4) is 0 Å². The fourth-order valence-electron chi connectivity index (χ4n) is 7.65. The molecule has 2 aliphatic rings. The molecular weight excluding hydrogens is 638 g/mol. The number of pyridine rings is 2. The Morgan fingerprint density at radius 2 is 1.20 bits per heavy atom. The molecule has 0 bridgehead atoms. The van der Waals surface area contributed by atoms with Gasteiger partial charge in [0.05, 0.1) is 40.2 Å². The summed E-state index contributed by atoms with van der Waals surface area (Å²) in [4.78, 5) is 23.4. The smallest absolute Gasteiger partial charge is 0.250 e. The maximum Gasteiger partial charge on any atom is 0.250 e. The fourth-order valence-corrected chi connectivity index (χ4v) is 7.65. The van der Waals surface area contributed by atoms with Crippen LogP contribution in [0, 0.1) is 17.3 Å². The Balaban J connectivity index is 1.26. The van der Waals surface area contributed by atoms with E-state index in [2.05, 4.69) is 70.0 Å². The van der Waals surface area contributed by atoms with E-state index in [1.165, 1.54) is 11.1 Å². The summed E-state index contributed by atoms with van der Waals surface area (Å²) in [6, 6.07) is 40.0. The van der Waals surface area contributed by atoms with Crippen molar-refractivity contribution in [2.24, 2.45) is 0 Å². The van der Waals surface area contributed by atoms with Crippen molar-refractivity contribution in [2.75, 3.05) is 9.80 Å². The van der Waals surface area contributed by atoms with Crippen LogP contribution in [0.15, 0.2) is 121 Å². The zero-order chi connectivity index (χ0) is 34.4. The van der Waals surface area contributed by atoms with Crippen LogP contribution in [0.4, 0.5) is 38.6 Å². The predicted molar refractivity (Wildman–Crippen MR) is 196 cm³/mol. The SMILES string of the molecule is CC1(C)c2ccccc2N(c2cnc3c(c2)c2nc(F)c(C#N)nc2c2ccc(N4c5ccccc5Oc5ccccc54)nc23)c2ccccc21. The topological polar surface area (TPSA) is 91.1 Å². The van der Waals surface area contributed by atoms with E-state index in [9.17, 15) is 5.26 Å². The Labute approximate surface area is 291 Å². The Morgan fingerprint density at radius 3 is 1.84 bits per heavy atom. The van der Waals surface area contributed by atoms with Crippen LogP contribution in [0.25, 0.3) is 32.8 Å². The minimum absolute atomic E-state index is 0.240. The molecule has 0 saturated heterocycles. The highest BCUT2D eigenvalue weighted by atomic mass is 19.1. The number of rotatable bonds is 2. The normalized spacial score (nSPS) is 14.0. The van der Waals surface area contributed by atoms with Crippen LogP contribution in [0.2, 0.25) is 0 Å². The van der Waals surface area contributed by atoms with Gasteiger partial charge >= 0.3 is 0 Å². The van der Waals surface area contributed by atoms with Gasteiger partial charge in [-0.3, -0.25) is 9.88 Å². The van der Waals surface area contributed by atoms with E-state index >= 15 is 4.39 Å². The third-order valence-corrected chi connectivity index (χ3v) is 10.0. The van der Waals surface area contributed by atoms with Crippen molar-refractivity contribution in [2.45, 2.75) is 19.3 Å². The Kier molecular flexibility index (Phi) is 6.00. The Hall–Kier alpha value is -6.92. The third-order valence-electron chi connectivity index (χ3n) is 10.0. The van der Waals surface area contributed by atoms with Crippen molar-refractivity contribution in [3.05, 3.63) is 144 Å². The number of hydrogen-bond donors (Lipinski definition) is 0. The maximum atomic E-state index is 15.3. The molecule has 242 valence electrons. The molecule has 0 aliphatic carbocycles. The van der Waals surface area contributed by atoms with Crippen LogP contribution in [-0.4, -0.2) is 19.9 Å². The van der Waals surface area contributed by atoms with Gasteiger partial charge in [-0.1, -0.05) is 74.5 Å². The minimum Gasteiger partial charge on any atom is -0.453 e. The van der Waals surface area contributed by atoms with Gasteiger partial charge in [0.25, 0.3) is 0 Å². The molecule has 0 N–H and O–H groups in total. The van der Waals surface area contributed by atoms with E-state index in [-0.39, 0.29) is 11.1 Å². The lowest BCUT2D eigenvalue weighted by molar-refractivity contribution is 0.476. The summed E-state index contributed by atoms with van der Waals surface area (Å²) in [5, 5.41) is 10.9. The molecule has 0 fully saturated rings. The molecule has 0 radical (unpaired) electrons. The first-order valence-corrected chi connectivity index (χ1v) is 16.6. The van der Waals surface area contributed by atoms with Gasteiger partial charge in [-0.15, -0.1) is 0 Å². The highest BCUT2D eigenvalue weighted by molar-refractivity contribution is 6.21. The van der Waals surface area contributed by atoms with Crippen LogP contribution >= 0.6 is 0 Å². The number of ether oxygens (including phenoxy) is 1. The lowest BCUT2D eigenvalue weighted by atomic mass is 9.73. The second-order valence-electron chi connectivity index (χ2n) is 13.2. The molecule has 2 aliphatic heterocycles. The van der Waals surface area contributed by atoms with Gasteiger partial charge in [0, 0.05) is 16.2 Å². The average molecular weight is 664 g/mol. The molecule has 0 spiro atoms. The number of nitrogens with zero attached hydrogens (tertiary/aromatic N) is 7. The lowest BCUT2D eigenvalue weighted by Crippen LogP contribution is -2.30. The van der Waals surface area contributed by atoms with Crippen LogP contribution < -0.4 is 14.5 Å². The molecule has 0 atom stereocenters. The summed E-state index contributed by atoms with van der Waals surface area (Å²) in [6.45, 7) is 4.47. The first-order valence-electron chi connectivity index (χ1n) is 16.6. The first kappa shape index (κ1) is 29.0. The van der Waals surface area contributed by atoms with Gasteiger partial charge in [-0.25, -0.2) is 15.0 Å². The molecule has 51 heavy (non-hydrogen) atoms. The Morgan fingerprint density at radius 1 is 0.627 bits per heavy atom. The molecule has 10 rings (SSSR count). The van der Waals surface area contributed by atoms with E-state index in [0.717, 1.165) is 28.4 Å². The molecule has 8 aromatic rings. The second-order valence-corrected chi connectivity index (χ2v) is 13.2. The number of aromatic nitrogens is 4. The molecule has 9 heteroatoms. The van der Waals surface area contributed by atoms with Crippen LogP contribution in [-0.2, 0) is 5.41 Å². The van der Waals surface area contributed by atoms with E-state index in [0.29, 0.717) is 50.2 Å². The zero-order valence-electron chi connectivity index (χ0n) is 27.5. The van der Waals surface area contributed by atoms with E-state index in [1.807, 2.05) is 91.1 Å². The molecule has 5 aromatic carbocycles. The fraction of sp³-hybridized carbons (Fsp3) is 0.0714. The van der Waals surface area contributed by atoms with E-state index < -0.39 is 5.95 Å². The van der Waals surface area contributed by atoms with Crippen molar-refractivity contribution in [1.82, 2.24) is 19.9 Å². The molecule has 0 unspecified atom stereocenters. The van der Waals surface area contributed by atoms with Crippen LogP contribution in [0.5, 0.6) is 11.5 Å². The molecule has 8 nitrogen and oxygen atoms in total. The summed E-state index contributed by atoms with van der Waals surface area (Å²) in [6.07, 6.45) is 1.83. The zero-order valence-corrected chi connectivity index (χ0v) is 27.5. The molecule has 3 aromatic heterocycles. The summed E-state index contributed by atoms with van der Waals surface area (Å²) in [5.41, 5.74) is 8.00. The van der Waals surface area contributed by atoms with E-state index in [1.54, 1.807) is 0 Å². The second kappa shape index (κ2) is 10.5. The number of para-hydroxylation sites is 6. The quantitative estimate of drug-likeness (QED) is 0.169. The highest BCUT2D eigenvalue weighted by Crippen LogP contribution is 2.53. The number of benzene rings is 5. The summed E-state index contributed by atoms with van der Waals surface area (Å²) >= 11 is 0. The number of halogens is 1. The van der Waals surface area contributed by atoms with Gasteiger partial charge < -0.3 is 9.64 Å². The van der Waals surface area contributed by atoms with Gasteiger partial charge in [0.2, 0.25) is 5.95 Å². The monoisotopic (exact) mass is 663 g/mol. The number of anilines is 6. The van der Waals surface area contributed by atoms with Crippen molar-refractivity contribution in [3.8, 4) is 17.6 Å². The lowest BCUT2D eigenvalue weighted by Gasteiger charge is -2.41. The number of hydrogen-bond acceptors (Lipinski definition) is 8. The molecule has 5 heterocycles. The summed E-state index contributed by atoms with van der Waals surface area (Å²) < 4.78 is 21.6. The first-order chi connectivity index (χ1) is 24.9. The number of nitriles is 1. The van der Waals surface area contributed by atoms with Gasteiger partial charge in [-0.05, 0) is 65.7 Å². The Bertz CT molecular complexity index is 2730. The van der Waals surface area contributed by atoms with E-state index in [4.69, 9.17) is 14.7 Å². The molecular formula is C42H26FN7O. The highest BCUT2D eigenvalue weighted by Gasteiger charge is 2.37. The van der Waals surface area contributed by atoms with Gasteiger partial charge in [0.1, 0.15) is 28.4 Å². The third kappa shape index (κ3) is 4.10. The minimum atomic E-state index is -0.933. The molecule has 0 amide bonds. The summed E-state index contributed by atoms with van der Waals surface area (Å²) in [7, 11) is 0. The average Bonchev–Trinajstić information content (AvgIpc) is 3.17. The predicted octanol–water partition coefficient (Wildman–Crippen LogP) is 10.4. The number of fused-ring (bicyclic) bond motifs is 10. The van der Waals surface area contributed by atoms with Gasteiger partial charge in [0.15, 0.2) is 17.2 Å². The van der Waals surface area contributed by atoms with Crippen molar-refractivity contribution in [1.29, 1.82) is 5.26 Å². The van der Waals surface area contributed by atoms with Crippen LogP contribution in [0.1, 0.15) is 30.7 Å². The standard InChI is InChI=1S/C42H26FN7O/c1-42(2)27-11-3-5-13-30(27)49(31-14-6-4-12-28(31)42)24-21-26-37(45-23-24)38-25(39-40(26)48-41(43)29(22-44)46-39)19-20-36(47-38)50-32-15-7-9-17-34(32)51-35-18-10-8-16-33(35)50/h3-21,23H,1-2H3. The molecule has 0 saturated carbocycles.